The van der Waals surface area contributed by atoms with Gasteiger partial charge in [0.15, 0.2) is 0 Å². The molecular formula is C16H25NO. The van der Waals surface area contributed by atoms with E-state index in [4.69, 9.17) is 4.74 Å². The van der Waals surface area contributed by atoms with E-state index in [0.717, 1.165) is 18.8 Å². The first-order chi connectivity index (χ1) is 8.75. The van der Waals surface area contributed by atoms with Crippen molar-refractivity contribution in [1.29, 1.82) is 0 Å². The van der Waals surface area contributed by atoms with Gasteiger partial charge < -0.3 is 10.1 Å². The van der Waals surface area contributed by atoms with Gasteiger partial charge >= 0.3 is 0 Å². The van der Waals surface area contributed by atoms with Gasteiger partial charge in [0.2, 0.25) is 0 Å². The Morgan fingerprint density at radius 3 is 2.94 bits per heavy atom. The molecule has 100 valence electrons. The van der Waals surface area contributed by atoms with Crippen LogP contribution in [-0.2, 0) is 0 Å². The molecule has 0 aromatic heterocycles. The molecule has 1 N–H and O–H groups in total. The minimum atomic E-state index is 0.563. The highest BCUT2D eigenvalue weighted by molar-refractivity contribution is 5.30. The van der Waals surface area contributed by atoms with Gasteiger partial charge in [-0.15, -0.1) is 0 Å². The number of piperidine rings is 1. The number of hydrogen-bond donors (Lipinski definition) is 1. The molecular weight excluding hydrogens is 222 g/mol. The van der Waals surface area contributed by atoms with Crippen molar-refractivity contribution in [3.8, 4) is 5.75 Å². The zero-order chi connectivity index (χ0) is 12.8. The van der Waals surface area contributed by atoms with E-state index in [1.807, 2.05) is 0 Å². The average Bonchev–Trinajstić information content (AvgIpc) is 2.40. The van der Waals surface area contributed by atoms with Gasteiger partial charge in [-0.05, 0) is 49.4 Å². The molecule has 2 heteroatoms. The lowest BCUT2D eigenvalue weighted by Gasteiger charge is -2.23. The van der Waals surface area contributed by atoms with Gasteiger partial charge in [0, 0.05) is 6.04 Å². The maximum absolute atomic E-state index is 5.86. The molecule has 0 spiro atoms. The largest absolute Gasteiger partial charge is 0.494 e. The third-order valence-corrected chi connectivity index (χ3v) is 3.67. The lowest BCUT2D eigenvalue weighted by atomic mass is 10.0. The predicted octanol–water partition coefficient (Wildman–Crippen LogP) is 3.72. The Bertz CT molecular complexity index is 356. The molecule has 0 bridgehead atoms. The van der Waals surface area contributed by atoms with E-state index < -0.39 is 0 Å². The van der Waals surface area contributed by atoms with Crippen molar-refractivity contribution < 1.29 is 4.74 Å². The SMILES string of the molecule is CC(C)c1cccc(OCC[C@@H]2CCCCN2)c1. The summed E-state index contributed by atoms with van der Waals surface area (Å²) in [5.41, 5.74) is 1.35. The summed E-state index contributed by atoms with van der Waals surface area (Å²) in [5.74, 6) is 1.57. The van der Waals surface area contributed by atoms with Crippen LogP contribution in [0.15, 0.2) is 24.3 Å². The molecule has 0 saturated carbocycles. The smallest absolute Gasteiger partial charge is 0.119 e. The van der Waals surface area contributed by atoms with E-state index in [1.54, 1.807) is 0 Å². The average molecular weight is 247 g/mol. The van der Waals surface area contributed by atoms with Gasteiger partial charge in [0.25, 0.3) is 0 Å². The molecule has 0 aliphatic carbocycles. The molecule has 2 rings (SSSR count). The molecule has 0 amide bonds. The third-order valence-electron chi connectivity index (χ3n) is 3.67. The zero-order valence-electron chi connectivity index (χ0n) is 11.6. The lowest BCUT2D eigenvalue weighted by Crippen LogP contribution is -2.35. The van der Waals surface area contributed by atoms with Gasteiger partial charge in [-0.2, -0.15) is 0 Å². The first-order valence-electron chi connectivity index (χ1n) is 7.22. The number of rotatable bonds is 5. The molecule has 1 aliphatic heterocycles. The van der Waals surface area contributed by atoms with Crippen molar-refractivity contribution in [1.82, 2.24) is 5.32 Å². The molecule has 0 unspecified atom stereocenters. The molecule has 1 aromatic carbocycles. The second kappa shape index (κ2) is 6.79. The van der Waals surface area contributed by atoms with E-state index >= 15 is 0 Å². The third kappa shape index (κ3) is 4.02. The van der Waals surface area contributed by atoms with Crippen molar-refractivity contribution in [2.45, 2.75) is 51.5 Å². The maximum Gasteiger partial charge on any atom is 0.119 e. The minimum absolute atomic E-state index is 0.563. The quantitative estimate of drug-likeness (QED) is 0.856. The molecule has 2 nitrogen and oxygen atoms in total. The highest BCUT2D eigenvalue weighted by atomic mass is 16.5. The number of nitrogens with one attached hydrogen (secondary N) is 1. The van der Waals surface area contributed by atoms with Crippen LogP contribution < -0.4 is 10.1 Å². The second-order valence-electron chi connectivity index (χ2n) is 5.51. The Morgan fingerprint density at radius 2 is 2.22 bits per heavy atom. The molecule has 1 atom stereocenters. The zero-order valence-corrected chi connectivity index (χ0v) is 11.6. The van der Waals surface area contributed by atoms with Crippen LogP contribution in [0.3, 0.4) is 0 Å². The van der Waals surface area contributed by atoms with Gasteiger partial charge in [-0.1, -0.05) is 32.4 Å². The van der Waals surface area contributed by atoms with Crippen molar-refractivity contribution in [2.75, 3.05) is 13.2 Å². The van der Waals surface area contributed by atoms with Crippen molar-refractivity contribution in [3.63, 3.8) is 0 Å². The summed E-state index contributed by atoms with van der Waals surface area (Å²) in [7, 11) is 0. The van der Waals surface area contributed by atoms with Gasteiger partial charge in [-0.3, -0.25) is 0 Å². The maximum atomic E-state index is 5.86. The fourth-order valence-corrected chi connectivity index (χ4v) is 2.45. The van der Waals surface area contributed by atoms with Crippen LogP contribution in [0, 0.1) is 0 Å². The summed E-state index contributed by atoms with van der Waals surface area (Å²) in [6, 6.07) is 9.13. The number of hydrogen-bond acceptors (Lipinski definition) is 2. The molecule has 1 heterocycles. The van der Waals surface area contributed by atoms with Gasteiger partial charge in [0.05, 0.1) is 6.61 Å². The summed E-state index contributed by atoms with van der Waals surface area (Å²) in [5, 5.41) is 3.55. The first kappa shape index (κ1) is 13.4. The molecule has 1 fully saturated rings. The molecule has 0 radical (unpaired) electrons. The number of benzene rings is 1. The summed E-state index contributed by atoms with van der Waals surface area (Å²) < 4.78 is 5.86. The van der Waals surface area contributed by atoms with E-state index in [0.29, 0.717) is 12.0 Å². The van der Waals surface area contributed by atoms with Crippen molar-refractivity contribution in [3.05, 3.63) is 29.8 Å². The highest BCUT2D eigenvalue weighted by Gasteiger charge is 2.12. The van der Waals surface area contributed by atoms with Crippen LogP contribution in [0.5, 0.6) is 5.75 Å². The lowest BCUT2D eigenvalue weighted by molar-refractivity contribution is 0.268. The summed E-state index contributed by atoms with van der Waals surface area (Å²) in [4.78, 5) is 0. The van der Waals surface area contributed by atoms with Crippen LogP contribution in [0.4, 0.5) is 0 Å². The van der Waals surface area contributed by atoms with Crippen molar-refractivity contribution in [2.24, 2.45) is 0 Å². The Morgan fingerprint density at radius 1 is 1.33 bits per heavy atom. The second-order valence-corrected chi connectivity index (χ2v) is 5.51. The predicted molar refractivity (Wildman–Crippen MR) is 76.3 cm³/mol. The molecule has 1 saturated heterocycles. The molecule has 1 aromatic rings. The summed E-state index contributed by atoms with van der Waals surface area (Å²) in [6.07, 6.45) is 5.11. The van der Waals surface area contributed by atoms with Crippen molar-refractivity contribution >= 4 is 0 Å². The van der Waals surface area contributed by atoms with E-state index in [-0.39, 0.29) is 0 Å². The van der Waals surface area contributed by atoms with Gasteiger partial charge in [0.1, 0.15) is 5.75 Å². The topological polar surface area (TPSA) is 21.3 Å². The Hall–Kier alpha value is -1.02. The minimum Gasteiger partial charge on any atom is -0.494 e. The summed E-state index contributed by atoms with van der Waals surface area (Å²) in [6.45, 7) is 6.42. The van der Waals surface area contributed by atoms with Gasteiger partial charge in [-0.25, -0.2) is 0 Å². The highest BCUT2D eigenvalue weighted by Crippen LogP contribution is 2.20. The van der Waals surface area contributed by atoms with Crippen LogP contribution in [0.1, 0.15) is 51.0 Å². The van der Waals surface area contributed by atoms with E-state index in [9.17, 15) is 0 Å². The number of ether oxygens (including phenoxy) is 1. The monoisotopic (exact) mass is 247 g/mol. The Kier molecular flexibility index (Phi) is 5.06. The Labute approximate surface area is 111 Å². The van der Waals surface area contributed by atoms with Crippen LogP contribution >= 0.6 is 0 Å². The van der Waals surface area contributed by atoms with E-state index in [2.05, 4.69) is 43.4 Å². The fraction of sp³-hybridized carbons (Fsp3) is 0.625. The normalized spacial score (nSPS) is 20.1. The van der Waals surface area contributed by atoms with E-state index in [1.165, 1.54) is 31.4 Å². The standard InChI is InChI=1S/C16H25NO/c1-13(2)14-6-5-8-16(12-14)18-11-9-15-7-3-4-10-17-15/h5-6,8,12-13,15,17H,3-4,7,9-11H2,1-2H3/t15-/m0/s1. The molecule has 1 aliphatic rings. The first-order valence-corrected chi connectivity index (χ1v) is 7.22. The van der Waals surface area contributed by atoms with Crippen LogP contribution in [0.25, 0.3) is 0 Å². The fourth-order valence-electron chi connectivity index (χ4n) is 2.45. The van der Waals surface area contributed by atoms with Crippen LogP contribution in [-0.4, -0.2) is 19.2 Å². The molecule has 18 heavy (non-hydrogen) atoms. The Balaban J connectivity index is 1.77. The van der Waals surface area contributed by atoms with Crippen LogP contribution in [0.2, 0.25) is 0 Å². The summed E-state index contributed by atoms with van der Waals surface area (Å²) >= 11 is 0.